The van der Waals surface area contributed by atoms with Gasteiger partial charge >= 0.3 is 0 Å². The molecule has 0 spiro atoms. The van der Waals surface area contributed by atoms with Gasteiger partial charge in [-0.3, -0.25) is 0 Å². The summed E-state index contributed by atoms with van der Waals surface area (Å²) >= 11 is 6.04. The molecule has 2 rings (SSSR count). The quantitative estimate of drug-likeness (QED) is 0.878. The Hall–Kier alpha value is -2.32. The van der Waals surface area contributed by atoms with E-state index in [9.17, 15) is 0 Å². The van der Waals surface area contributed by atoms with E-state index < -0.39 is 0 Å². The minimum atomic E-state index is 0.304. The average Bonchev–Trinajstić information content (AvgIpc) is 2.50. The zero-order valence-electron chi connectivity index (χ0n) is 11.6. The molecule has 0 aliphatic rings. The SMILES string of the molecule is CCCNc1ncc(Cl)c(Oc2ccc(CC#N)cc2)n1. The third-order valence-corrected chi connectivity index (χ3v) is 2.93. The van der Waals surface area contributed by atoms with Crippen LogP contribution in [0.2, 0.25) is 5.02 Å². The fourth-order valence-corrected chi connectivity index (χ4v) is 1.75. The highest BCUT2D eigenvalue weighted by molar-refractivity contribution is 6.31. The Balaban J connectivity index is 2.12. The molecule has 0 bridgehead atoms. The molecule has 0 atom stereocenters. The Kier molecular flexibility index (Phi) is 5.35. The van der Waals surface area contributed by atoms with Gasteiger partial charge in [-0.1, -0.05) is 30.7 Å². The highest BCUT2D eigenvalue weighted by Gasteiger charge is 2.08. The second-order valence-electron chi connectivity index (χ2n) is 4.35. The maximum atomic E-state index is 8.64. The van der Waals surface area contributed by atoms with Gasteiger partial charge in [-0.2, -0.15) is 10.2 Å². The fourth-order valence-electron chi connectivity index (χ4n) is 1.62. The van der Waals surface area contributed by atoms with Crippen molar-refractivity contribution < 1.29 is 4.74 Å². The van der Waals surface area contributed by atoms with E-state index in [-0.39, 0.29) is 0 Å². The van der Waals surface area contributed by atoms with Gasteiger partial charge in [0.15, 0.2) is 0 Å². The molecule has 0 amide bonds. The Morgan fingerprint density at radius 3 is 2.76 bits per heavy atom. The van der Waals surface area contributed by atoms with Gasteiger partial charge in [-0.25, -0.2) is 4.98 Å². The molecule has 2 aromatic rings. The van der Waals surface area contributed by atoms with Crippen molar-refractivity contribution in [3.63, 3.8) is 0 Å². The maximum absolute atomic E-state index is 8.64. The van der Waals surface area contributed by atoms with Gasteiger partial charge in [0, 0.05) is 6.54 Å². The summed E-state index contributed by atoms with van der Waals surface area (Å²) in [5.74, 6) is 1.40. The van der Waals surface area contributed by atoms with Crippen molar-refractivity contribution in [1.82, 2.24) is 9.97 Å². The number of hydrogen-bond donors (Lipinski definition) is 1. The third kappa shape index (κ3) is 4.33. The number of ether oxygens (including phenoxy) is 1. The first-order chi connectivity index (χ1) is 10.2. The van der Waals surface area contributed by atoms with Gasteiger partial charge < -0.3 is 10.1 Å². The lowest BCUT2D eigenvalue weighted by Gasteiger charge is -2.09. The molecule has 0 radical (unpaired) electrons. The van der Waals surface area contributed by atoms with Crippen molar-refractivity contribution in [3.05, 3.63) is 41.0 Å². The van der Waals surface area contributed by atoms with Crippen molar-refractivity contribution in [2.75, 3.05) is 11.9 Å². The number of benzene rings is 1. The maximum Gasteiger partial charge on any atom is 0.243 e. The van der Waals surface area contributed by atoms with Crippen LogP contribution in [0.4, 0.5) is 5.95 Å². The summed E-state index contributed by atoms with van der Waals surface area (Å²) in [6.45, 7) is 2.84. The molecule has 1 N–H and O–H groups in total. The molecule has 0 fully saturated rings. The van der Waals surface area contributed by atoms with Crippen LogP contribution >= 0.6 is 11.6 Å². The zero-order chi connectivity index (χ0) is 15.1. The van der Waals surface area contributed by atoms with Gasteiger partial charge in [-0.05, 0) is 24.1 Å². The summed E-state index contributed by atoms with van der Waals surface area (Å²) in [5, 5.41) is 12.1. The van der Waals surface area contributed by atoms with Crippen LogP contribution in [0.5, 0.6) is 11.6 Å². The molecular formula is C15H15ClN4O. The van der Waals surface area contributed by atoms with Crippen LogP contribution in [-0.4, -0.2) is 16.5 Å². The van der Waals surface area contributed by atoms with E-state index in [1.807, 2.05) is 12.1 Å². The molecule has 1 aromatic heterocycles. The Labute approximate surface area is 128 Å². The summed E-state index contributed by atoms with van der Waals surface area (Å²) in [5.41, 5.74) is 0.934. The fraction of sp³-hybridized carbons (Fsp3) is 0.267. The summed E-state index contributed by atoms with van der Waals surface area (Å²) in [7, 11) is 0. The molecule has 108 valence electrons. The van der Waals surface area contributed by atoms with Crippen molar-refractivity contribution in [2.24, 2.45) is 0 Å². The van der Waals surface area contributed by atoms with Gasteiger partial charge in [0.2, 0.25) is 11.8 Å². The Morgan fingerprint density at radius 1 is 1.33 bits per heavy atom. The van der Waals surface area contributed by atoms with Gasteiger partial charge in [0.05, 0.1) is 18.7 Å². The molecule has 6 heteroatoms. The number of nitrogens with zero attached hydrogens (tertiary/aromatic N) is 3. The molecule has 1 heterocycles. The smallest absolute Gasteiger partial charge is 0.243 e. The largest absolute Gasteiger partial charge is 0.437 e. The number of aromatic nitrogens is 2. The van der Waals surface area contributed by atoms with Crippen LogP contribution in [0, 0.1) is 11.3 Å². The summed E-state index contributed by atoms with van der Waals surface area (Å²) in [6.07, 6.45) is 2.86. The molecule has 0 aliphatic heterocycles. The monoisotopic (exact) mass is 302 g/mol. The minimum absolute atomic E-state index is 0.304. The topological polar surface area (TPSA) is 70.8 Å². The minimum Gasteiger partial charge on any atom is -0.437 e. The molecular weight excluding hydrogens is 288 g/mol. The van der Waals surface area contributed by atoms with E-state index in [4.69, 9.17) is 21.6 Å². The van der Waals surface area contributed by atoms with E-state index in [0.29, 0.717) is 29.0 Å². The second-order valence-corrected chi connectivity index (χ2v) is 4.76. The van der Waals surface area contributed by atoms with Crippen LogP contribution in [0.1, 0.15) is 18.9 Å². The van der Waals surface area contributed by atoms with Crippen LogP contribution in [-0.2, 0) is 6.42 Å². The van der Waals surface area contributed by atoms with E-state index in [1.54, 1.807) is 12.1 Å². The summed E-state index contributed by atoms with van der Waals surface area (Å²) in [4.78, 5) is 8.32. The highest BCUT2D eigenvalue weighted by atomic mass is 35.5. The van der Waals surface area contributed by atoms with Crippen molar-refractivity contribution in [2.45, 2.75) is 19.8 Å². The van der Waals surface area contributed by atoms with Crippen molar-refractivity contribution in [1.29, 1.82) is 5.26 Å². The Bertz CT molecular complexity index is 637. The molecule has 21 heavy (non-hydrogen) atoms. The lowest BCUT2D eigenvalue weighted by molar-refractivity contribution is 0.462. The van der Waals surface area contributed by atoms with Gasteiger partial charge in [-0.15, -0.1) is 0 Å². The predicted molar refractivity (Wildman–Crippen MR) is 81.7 cm³/mol. The third-order valence-electron chi connectivity index (χ3n) is 2.67. The first-order valence-electron chi connectivity index (χ1n) is 6.63. The lowest BCUT2D eigenvalue weighted by atomic mass is 10.2. The van der Waals surface area contributed by atoms with Crippen LogP contribution < -0.4 is 10.1 Å². The second kappa shape index (κ2) is 7.46. The molecule has 0 aliphatic carbocycles. The van der Waals surface area contributed by atoms with Crippen molar-refractivity contribution in [3.8, 4) is 17.7 Å². The van der Waals surface area contributed by atoms with Crippen LogP contribution in [0.25, 0.3) is 0 Å². The summed E-state index contributed by atoms with van der Waals surface area (Å²) in [6, 6.07) is 9.34. The first kappa shape index (κ1) is 15.1. The standard InChI is InChI=1S/C15H15ClN4O/c1-2-9-18-15-19-10-13(16)14(20-15)21-12-5-3-11(4-6-12)7-8-17/h3-6,10H,2,7,9H2,1H3,(H,18,19,20). The summed E-state index contributed by atoms with van der Waals surface area (Å²) < 4.78 is 5.66. The van der Waals surface area contributed by atoms with Crippen LogP contribution in [0.3, 0.4) is 0 Å². The van der Waals surface area contributed by atoms with Crippen molar-refractivity contribution >= 4 is 17.5 Å². The first-order valence-corrected chi connectivity index (χ1v) is 7.01. The molecule has 1 aromatic carbocycles. The van der Waals surface area contributed by atoms with E-state index in [0.717, 1.165) is 18.5 Å². The number of rotatable bonds is 6. The number of hydrogen-bond acceptors (Lipinski definition) is 5. The van der Waals surface area contributed by atoms with E-state index in [2.05, 4.69) is 28.3 Å². The van der Waals surface area contributed by atoms with Gasteiger partial charge in [0.1, 0.15) is 10.8 Å². The zero-order valence-corrected chi connectivity index (χ0v) is 12.4. The van der Waals surface area contributed by atoms with E-state index >= 15 is 0 Å². The van der Waals surface area contributed by atoms with Crippen LogP contribution in [0.15, 0.2) is 30.5 Å². The normalized spacial score (nSPS) is 9.95. The highest BCUT2D eigenvalue weighted by Crippen LogP contribution is 2.27. The molecule has 0 unspecified atom stereocenters. The average molecular weight is 303 g/mol. The molecule has 0 saturated heterocycles. The number of anilines is 1. The van der Waals surface area contributed by atoms with Gasteiger partial charge in [0.25, 0.3) is 0 Å². The Morgan fingerprint density at radius 2 is 2.10 bits per heavy atom. The lowest BCUT2D eigenvalue weighted by Crippen LogP contribution is -2.04. The number of nitriles is 1. The van der Waals surface area contributed by atoms with E-state index in [1.165, 1.54) is 6.20 Å². The number of nitrogens with one attached hydrogen (secondary N) is 1. The predicted octanol–water partition coefficient (Wildman–Crippen LogP) is 3.81. The molecule has 0 saturated carbocycles. The number of halogens is 1. The molecule has 5 nitrogen and oxygen atoms in total.